The lowest BCUT2D eigenvalue weighted by Gasteiger charge is -2.16. The van der Waals surface area contributed by atoms with Crippen LogP contribution in [0.15, 0.2) is 53.5 Å². The summed E-state index contributed by atoms with van der Waals surface area (Å²) >= 11 is 0. The summed E-state index contributed by atoms with van der Waals surface area (Å²) in [6.45, 7) is 8.04. The summed E-state index contributed by atoms with van der Waals surface area (Å²) in [6, 6.07) is 16.1. The molecule has 0 aliphatic carbocycles. The Labute approximate surface area is 179 Å². The van der Waals surface area contributed by atoms with Crippen LogP contribution in [0.3, 0.4) is 0 Å². The molecule has 0 spiro atoms. The number of aliphatic hydroxyl groups is 1. The van der Waals surface area contributed by atoms with E-state index < -0.39 is 6.10 Å². The van der Waals surface area contributed by atoms with Gasteiger partial charge in [-0.1, -0.05) is 42.0 Å². The van der Waals surface area contributed by atoms with Crippen LogP contribution in [0.5, 0.6) is 5.75 Å². The Morgan fingerprint density at radius 2 is 1.78 bits per heavy atom. The number of rotatable bonds is 8. The van der Waals surface area contributed by atoms with Crippen molar-refractivity contribution in [3.05, 3.63) is 65.2 Å². The van der Waals surface area contributed by atoms with Crippen molar-refractivity contribution in [2.75, 3.05) is 19.7 Å². The van der Waals surface area contributed by atoms with E-state index in [0.717, 1.165) is 23.4 Å². The molecule has 0 heterocycles. The van der Waals surface area contributed by atoms with Crippen molar-refractivity contribution in [1.29, 1.82) is 0 Å². The molecular weight excluding hydrogens is 453 g/mol. The maximum atomic E-state index is 10.1. The van der Waals surface area contributed by atoms with E-state index in [9.17, 15) is 5.11 Å². The van der Waals surface area contributed by atoms with Crippen molar-refractivity contribution in [2.24, 2.45) is 4.99 Å². The van der Waals surface area contributed by atoms with E-state index in [2.05, 4.69) is 40.7 Å². The van der Waals surface area contributed by atoms with Crippen molar-refractivity contribution in [3.63, 3.8) is 0 Å². The Morgan fingerprint density at radius 3 is 2.44 bits per heavy atom. The lowest BCUT2D eigenvalue weighted by molar-refractivity contribution is 0.110. The molecule has 0 aliphatic heterocycles. The minimum absolute atomic E-state index is 0. The Morgan fingerprint density at radius 1 is 1.07 bits per heavy atom. The highest BCUT2D eigenvalue weighted by molar-refractivity contribution is 14.0. The number of aryl methyl sites for hydroxylation is 2. The van der Waals surface area contributed by atoms with Gasteiger partial charge in [-0.05, 0) is 44.0 Å². The molecule has 1 atom stereocenters. The summed E-state index contributed by atoms with van der Waals surface area (Å²) in [4.78, 5) is 4.57. The summed E-state index contributed by atoms with van der Waals surface area (Å²) < 4.78 is 5.63. The molecule has 2 aromatic rings. The number of aliphatic hydroxyl groups excluding tert-OH is 1. The van der Waals surface area contributed by atoms with E-state index in [0.29, 0.717) is 19.0 Å². The van der Waals surface area contributed by atoms with Crippen LogP contribution < -0.4 is 15.4 Å². The normalized spacial score (nSPS) is 12.1. The number of nitrogens with zero attached hydrogens (tertiary/aromatic N) is 1. The Balaban J connectivity index is 0.00000364. The number of ether oxygens (including phenoxy) is 1. The van der Waals surface area contributed by atoms with Gasteiger partial charge in [-0.25, -0.2) is 4.99 Å². The molecule has 2 rings (SSSR count). The largest absolute Gasteiger partial charge is 0.491 e. The second-order valence-corrected chi connectivity index (χ2v) is 6.35. The van der Waals surface area contributed by atoms with Gasteiger partial charge in [0, 0.05) is 13.1 Å². The lowest BCUT2D eigenvalue weighted by Crippen LogP contribution is -2.42. The standard InChI is InChI=1S/C21H29N3O2.HI/c1-4-22-21(23-13-18-9-5-7-16(2)11-18)24-14-19(25)15-26-20-10-6-8-17(3)12-20;/h5-12,19,25H,4,13-15H2,1-3H3,(H2,22,23,24);1H. The van der Waals surface area contributed by atoms with Crippen molar-refractivity contribution >= 4 is 29.9 Å². The van der Waals surface area contributed by atoms with Gasteiger partial charge in [-0.2, -0.15) is 0 Å². The SMILES string of the molecule is CCNC(=NCc1cccc(C)c1)NCC(O)COc1cccc(C)c1.I. The number of halogens is 1. The van der Waals surface area contributed by atoms with Gasteiger partial charge in [0.15, 0.2) is 5.96 Å². The van der Waals surface area contributed by atoms with Crippen molar-refractivity contribution in [3.8, 4) is 5.75 Å². The van der Waals surface area contributed by atoms with Crippen LogP contribution in [0.25, 0.3) is 0 Å². The molecule has 27 heavy (non-hydrogen) atoms. The zero-order valence-electron chi connectivity index (χ0n) is 16.2. The van der Waals surface area contributed by atoms with Crippen LogP contribution in [-0.2, 0) is 6.54 Å². The van der Waals surface area contributed by atoms with Crippen LogP contribution in [0.1, 0.15) is 23.6 Å². The molecule has 3 N–H and O–H groups in total. The Bertz CT molecular complexity index is 722. The number of benzene rings is 2. The van der Waals surface area contributed by atoms with Gasteiger partial charge in [-0.15, -0.1) is 24.0 Å². The first kappa shape index (κ1) is 23.2. The number of aliphatic imine (C=N–C) groups is 1. The molecule has 0 saturated heterocycles. The highest BCUT2D eigenvalue weighted by Crippen LogP contribution is 2.12. The summed E-state index contributed by atoms with van der Waals surface area (Å²) in [5.74, 6) is 1.45. The second-order valence-electron chi connectivity index (χ2n) is 6.35. The predicted molar refractivity (Wildman–Crippen MR) is 122 cm³/mol. The van der Waals surface area contributed by atoms with Crippen molar-refractivity contribution in [2.45, 2.75) is 33.4 Å². The van der Waals surface area contributed by atoms with Gasteiger partial charge < -0.3 is 20.5 Å². The first-order valence-electron chi connectivity index (χ1n) is 9.02. The monoisotopic (exact) mass is 483 g/mol. The highest BCUT2D eigenvalue weighted by Gasteiger charge is 2.07. The Kier molecular flexibility index (Phi) is 10.8. The quantitative estimate of drug-likeness (QED) is 0.306. The van der Waals surface area contributed by atoms with E-state index in [1.807, 2.05) is 44.2 Å². The summed E-state index contributed by atoms with van der Waals surface area (Å²) in [6.07, 6.45) is -0.627. The molecule has 5 nitrogen and oxygen atoms in total. The zero-order valence-corrected chi connectivity index (χ0v) is 18.6. The minimum Gasteiger partial charge on any atom is -0.491 e. The molecule has 0 bridgehead atoms. The van der Waals surface area contributed by atoms with E-state index in [4.69, 9.17) is 4.74 Å². The first-order chi connectivity index (χ1) is 12.6. The summed E-state index contributed by atoms with van der Waals surface area (Å²) in [5.41, 5.74) is 3.51. The van der Waals surface area contributed by atoms with Gasteiger partial charge in [0.25, 0.3) is 0 Å². The molecule has 0 aromatic heterocycles. The Hall–Kier alpha value is -1.80. The predicted octanol–water partition coefficient (Wildman–Crippen LogP) is 3.42. The van der Waals surface area contributed by atoms with Crippen LogP contribution in [0.4, 0.5) is 0 Å². The van der Waals surface area contributed by atoms with Crippen molar-refractivity contribution in [1.82, 2.24) is 10.6 Å². The molecule has 0 saturated carbocycles. The van der Waals surface area contributed by atoms with Gasteiger partial charge in [0.2, 0.25) is 0 Å². The van der Waals surface area contributed by atoms with Gasteiger partial charge >= 0.3 is 0 Å². The van der Waals surface area contributed by atoms with Crippen LogP contribution in [0.2, 0.25) is 0 Å². The zero-order chi connectivity index (χ0) is 18.8. The van der Waals surface area contributed by atoms with Crippen LogP contribution in [0, 0.1) is 13.8 Å². The van der Waals surface area contributed by atoms with Gasteiger partial charge in [0.1, 0.15) is 18.5 Å². The third kappa shape index (κ3) is 9.10. The molecular formula is C21H30IN3O2. The second kappa shape index (κ2) is 12.6. The van der Waals surface area contributed by atoms with Crippen LogP contribution in [-0.4, -0.2) is 36.9 Å². The maximum Gasteiger partial charge on any atom is 0.191 e. The fourth-order valence-corrected chi connectivity index (χ4v) is 2.49. The topological polar surface area (TPSA) is 65.9 Å². The van der Waals surface area contributed by atoms with Gasteiger partial charge in [0.05, 0.1) is 6.54 Å². The fraction of sp³-hybridized carbons (Fsp3) is 0.381. The molecule has 6 heteroatoms. The number of hydrogen-bond acceptors (Lipinski definition) is 3. The van der Waals surface area contributed by atoms with E-state index in [-0.39, 0.29) is 30.6 Å². The average molecular weight is 483 g/mol. The first-order valence-corrected chi connectivity index (χ1v) is 9.02. The van der Waals surface area contributed by atoms with E-state index >= 15 is 0 Å². The third-order valence-corrected chi connectivity index (χ3v) is 3.78. The number of hydrogen-bond donors (Lipinski definition) is 3. The fourth-order valence-electron chi connectivity index (χ4n) is 2.49. The molecule has 0 fully saturated rings. The van der Waals surface area contributed by atoms with E-state index in [1.165, 1.54) is 5.56 Å². The molecule has 0 aliphatic rings. The molecule has 148 valence electrons. The molecule has 0 radical (unpaired) electrons. The summed E-state index contributed by atoms with van der Waals surface area (Å²) in [7, 11) is 0. The van der Waals surface area contributed by atoms with Crippen molar-refractivity contribution < 1.29 is 9.84 Å². The maximum absolute atomic E-state index is 10.1. The smallest absolute Gasteiger partial charge is 0.191 e. The van der Waals surface area contributed by atoms with Gasteiger partial charge in [-0.3, -0.25) is 0 Å². The molecule has 2 aromatic carbocycles. The molecule has 1 unspecified atom stereocenters. The third-order valence-electron chi connectivity index (χ3n) is 3.78. The number of nitrogens with one attached hydrogen (secondary N) is 2. The van der Waals surface area contributed by atoms with E-state index in [1.54, 1.807) is 0 Å². The highest BCUT2D eigenvalue weighted by atomic mass is 127. The van der Waals surface area contributed by atoms with Crippen LogP contribution >= 0.6 is 24.0 Å². The molecule has 0 amide bonds. The average Bonchev–Trinajstić information content (AvgIpc) is 2.62. The summed E-state index contributed by atoms with van der Waals surface area (Å²) in [5, 5.41) is 16.5. The lowest BCUT2D eigenvalue weighted by atomic mass is 10.1. The minimum atomic E-state index is -0.627. The number of guanidine groups is 1.